The first kappa shape index (κ1) is 11.6. The predicted octanol–water partition coefficient (Wildman–Crippen LogP) is -0.238. The van der Waals surface area contributed by atoms with Gasteiger partial charge in [-0.25, -0.2) is 0 Å². The third kappa shape index (κ3) is 2.14. The van der Waals surface area contributed by atoms with Gasteiger partial charge in [-0.05, 0) is 6.92 Å². The first-order chi connectivity index (χ1) is 7.99. The highest BCUT2D eigenvalue weighted by atomic mass is 16.3. The van der Waals surface area contributed by atoms with Crippen LogP contribution in [0.2, 0.25) is 0 Å². The molecule has 92 valence electrons. The normalized spacial score (nSPS) is 12.9. The molecule has 2 aromatic rings. The molecule has 0 aliphatic carbocycles. The molecule has 3 N–H and O–H groups in total. The molecule has 0 spiro atoms. The molecule has 0 aromatic carbocycles. The summed E-state index contributed by atoms with van der Waals surface area (Å²) in [6.45, 7) is 2.16. The molecule has 0 amide bonds. The van der Waals surface area contributed by atoms with Crippen molar-refractivity contribution >= 4 is 22.8 Å². The number of anilines is 2. The lowest BCUT2D eigenvalue weighted by Crippen LogP contribution is -2.28. The molecule has 7 heteroatoms. The number of aryl methyl sites for hydroxylation is 1. The fourth-order valence-corrected chi connectivity index (χ4v) is 1.68. The maximum absolute atomic E-state index is 9.34. The standard InChI is InChI=1S/C10H16N6O/c1-6(17)5-15(2)10-13-8(11)7-4-12-16(3)9(7)14-10/h4,6,17H,5H2,1-3H3,(H2,11,13,14). The van der Waals surface area contributed by atoms with Gasteiger partial charge in [-0.1, -0.05) is 0 Å². The number of aromatic nitrogens is 4. The number of fused-ring (bicyclic) bond motifs is 1. The van der Waals surface area contributed by atoms with Crippen molar-refractivity contribution in [2.45, 2.75) is 13.0 Å². The van der Waals surface area contributed by atoms with Crippen molar-refractivity contribution in [2.24, 2.45) is 7.05 Å². The van der Waals surface area contributed by atoms with Gasteiger partial charge in [0.1, 0.15) is 5.82 Å². The highest BCUT2D eigenvalue weighted by Gasteiger charge is 2.13. The SMILES string of the molecule is CC(O)CN(C)c1nc(N)c2cnn(C)c2n1. The van der Waals surface area contributed by atoms with Crippen molar-refractivity contribution in [1.29, 1.82) is 0 Å². The van der Waals surface area contributed by atoms with Crippen LogP contribution in [0, 0.1) is 0 Å². The summed E-state index contributed by atoms with van der Waals surface area (Å²) < 4.78 is 1.65. The highest BCUT2D eigenvalue weighted by molar-refractivity contribution is 5.86. The number of hydrogen-bond donors (Lipinski definition) is 2. The average Bonchev–Trinajstić information content (AvgIpc) is 2.60. The van der Waals surface area contributed by atoms with E-state index in [1.165, 1.54) is 0 Å². The number of aliphatic hydroxyl groups is 1. The maximum Gasteiger partial charge on any atom is 0.229 e. The Morgan fingerprint density at radius 1 is 1.53 bits per heavy atom. The largest absolute Gasteiger partial charge is 0.392 e. The molecule has 0 saturated carbocycles. The number of nitrogen functional groups attached to an aromatic ring is 1. The van der Waals surface area contributed by atoms with Gasteiger partial charge in [0.25, 0.3) is 0 Å². The van der Waals surface area contributed by atoms with Crippen LogP contribution in [0.4, 0.5) is 11.8 Å². The van der Waals surface area contributed by atoms with Crippen molar-refractivity contribution in [3.8, 4) is 0 Å². The van der Waals surface area contributed by atoms with Gasteiger partial charge in [0, 0.05) is 20.6 Å². The molecule has 17 heavy (non-hydrogen) atoms. The van der Waals surface area contributed by atoms with E-state index in [0.717, 1.165) is 5.39 Å². The fourth-order valence-electron chi connectivity index (χ4n) is 1.68. The molecule has 2 rings (SSSR count). The van der Waals surface area contributed by atoms with Crippen molar-refractivity contribution in [3.63, 3.8) is 0 Å². The van der Waals surface area contributed by atoms with Gasteiger partial charge in [0.2, 0.25) is 5.95 Å². The summed E-state index contributed by atoms with van der Waals surface area (Å²) in [4.78, 5) is 10.3. The average molecular weight is 236 g/mol. The second-order valence-electron chi connectivity index (χ2n) is 4.14. The van der Waals surface area contributed by atoms with E-state index in [-0.39, 0.29) is 0 Å². The molecule has 0 aliphatic rings. The molecule has 2 aromatic heterocycles. The second-order valence-corrected chi connectivity index (χ2v) is 4.14. The van der Waals surface area contributed by atoms with Crippen molar-refractivity contribution in [1.82, 2.24) is 19.7 Å². The molecule has 1 unspecified atom stereocenters. The van der Waals surface area contributed by atoms with Gasteiger partial charge in [-0.2, -0.15) is 15.1 Å². The zero-order chi connectivity index (χ0) is 12.6. The lowest BCUT2D eigenvalue weighted by Gasteiger charge is -2.18. The van der Waals surface area contributed by atoms with Crippen LogP contribution >= 0.6 is 0 Å². The van der Waals surface area contributed by atoms with E-state index in [1.54, 1.807) is 29.7 Å². The summed E-state index contributed by atoms with van der Waals surface area (Å²) in [5.41, 5.74) is 6.53. The summed E-state index contributed by atoms with van der Waals surface area (Å²) >= 11 is 0. The molecule has 0 radical (unpaired) electrons. The minimum absolute atomic E-state index is 0.399. The van der Waals surface area contributed by atoms with E-state index < -0.39 is 6.10 Å². The Balaban J connectivity index is 2.45. The summed E-state index contributed by atoms with van der Waals surface area (Å²) in [7, 11) is 3.61. The topological polar surface area (TPSA) is 93.1 Å². The Morgan fingerprint density at radius 3 is 2.88 bits per heavy atom. The van der Waals surface area contributed by atoms with Crippen molar-refractivity contribution in [3.05, 3.63) is 6.20 Å². The number of nitrogens with two attached hydrogens (primary N) is 1. The van der Waals surface area contributed by atoms with Gasteiger partial charge in [0.15, 0.2) is 5.65 Å². The zero-order valence-corrected chi connectivity index (χ0v) is 10.1. The number of nitrogens with zero attached hydrogens (tertiary/aromatic N) is 5. The summed E-state index contributed by atoms with van der Waals surface area (Å²) in [6, 6.07) is 0. The quantitative estimate of drug-likeness (QED) is 0.764. The lowest BCUT2D eigenvalue weighted by atomic mass is 10.4. The highest BCUT2D eigenvalue weighted by Crippen LogP contribution is 2.19. The maximum atomic E-state index is 9.34. The molecule has 0 aliphatic heterocycles. The van der Waals surface area contributed by atoms with Crippen LogP contribution in [0.1, 0.15) is 6.92 Å². The van der Waals surface area contributed by atoms with E-state index >= 15 is 0 Å². The molecular weight excluding hydrogens is 220 g/mol. The molecule has 7 nitrogen and oxygen atoms in total. The van der Waals surface area contributed by atoms with Crippen LogP contribution in [0.15, 0.2) is 6.20 Å². The number of hydrogen-bond acceptors (Lipinski definition) is 6. The first-order valence-corrected chi connectivity index (χ1v) is 5.33. The Morgan fingerprint density at radius 2 is 2.24 bits per heavy atom. The van der Waals surface area contributed by atoms with E-state index in [4.69, 9.17) is 5.73 Å². The van der Waals surface area contributed by atoms with Gasteiger partial charge in [-0.3, -0.25) is 4.68 Å². The third-order valence-electron chi connectivity index (χ3n) is 2.49. The third-order valence-corrected chi connectivity index (χ3v) is 2.49. The van der Waals surface area contributed by atoms with Crippen molar-refractivity contribution in [2.75, 3.05) is 24.2 Å². The Labute approximate surface area is 98.9 Å². The van der Waals surface area contributed by atoms with Crippen LogP contribution in [0.3, 0.4) is 0 Å². The molecular formula is C10H16N6O. The fraction of sp³-hybridized carbons (Fsp3) is 0.500. The summed E-state index contributed by atoms with van der Waals surface area (Å²) in [5, 5.41) is 14.2. The second kappa shape index (κ2) is 4.17. The van der Waals surface area contributed by atoms with Crippen LogP contribution in [-0.2, 0) is 7.05 Å². The van der Waals surface area contributed by atoms with Gasteiger partial charge in [-0.15, -0.1) is 0 Å². The molecule has 2 heterocycles. The predicted molar refractivity (Wildman–Crippen MR) is 65.7 cm³/mol. The molecule has 1 atom stereocenters. The van der Waals surface area contributed by atoms with E-state index in [0.29, 0.717) is 24.0 Å². The van der Waals surface area contributed by atoms with E-state index in [1.807, 2.05) is 7.05 Å². The molecule has 0 fully saturated rings. The molecule has 0 bridgehead atoms. The van der Waals surface area contributed by atoms with E-state index in [9.17, 15) is 5.11 Å². The van der Waals surface area contributed by atoms with Gasteiger partial charge < -0.3 is 15.7 Å². The number of likely N-dealkylation sites (N-methyl/N-ethyl adjacent to an activating group) is 1. The first-order valence-electron chi connectivity index (χ1n) is 5.33. The van der Waals surface area contributed by atoms with Crippen LogP contribution in [0.25, 0.3) is 11.0 Å². The molecule has 0 saturated heterocycles. The smallest absolute Gasteiger partial charge is 0.229 e. The van der Waals surface area contributed by atoms with E-state index in [2.05, 4.69) is 15.1 Å². The Bertz CT molecular complexity index is 535. The van der Waals surface area contributed by atoms with Crippen LogP contribution in [0.5, 0.6) is 0 Å². The summed E-state index contributed by atoms with van der Waals surface area (Å²) in [5.74, 6) is 0.884. The van der Waals surface area contributed by atoms with Gasteiger partial charge in [0.05, 0.1) is 17.7 Å². The number of rotatable bonds is 3. The van der Waals surface area contributed by atoms with Crippen LogP contribution < -0.4 is 10.6 Å². The minimum atomic E-state index is -0.452. The van der Waals surface area contributed by atoms with Crippen LogP contribution in [-0.4, -0.2) is 44.6 Å². The minimum Gasteiger partial charge on any atom is -0.392 e. The Kier molecular flexibility index (Phi) is 2.84. The number of aliphatic hydroxyl groups excluding tert-OH is 1. The Hall–Kier alpha value is -1.89. The lowest BCUT2D eigenvalue weighted by molar-refractivity contribution is 0.201. The monoisotopic (exact) mass is 236 g/mol. The summed E-state index contributed by atoms with van der Waals surface area (Å²) in [6.07, 6.45) is 1.19. The van der Waals surface area contributed by atoms with Gasteiger partial charge >= 0.3 is 0 Å². The zero-order valence-electron chi connectivity index (χ0n) is 10.1. The van der Waals surface area contributed by atoms with Crippen molar-refractivity contribution < 1.29 is 5.11 Å².